The number of ether oxygens (including phenoxy) is 2. The van der Waals surface area contributed by atoms with Gasteiger partial charge in [-0.15, -0.1) is 0 Å². The van der Waals surface area contributed by atoms with Crippen LogP contribution in [0.3, 0.4) is 0 Å². The lowest BCUT2D eigenvalue weighted by Gasteiger charge is -2.33. The second kappa shape index (κ2) is 10.8. The fraction of sp³-hybridized carbons (Fsp3) is 0.391. The Balaban J connectivity index is 1.53. The van der Waals surface area contributed by atoms with Crippen molar-refractivity contribution in [3.63, 3.8) is 0 Å². The maximum absolute atomic E-state index is 14.7. The van der Waals surface area contributed by atoms with E-state index >= 15 is 0 Å². The Kier molecular flexibility index (Phi) is 7.83. The van der Waals surface area contributed by atoms with Crippen LogP contribution in [0.4, 0.5) is 10.1 Å². The van der Waals surface area contributed by atoms with E-state index in [2.05, 4.69) is 22.4 Å². The molecule has 1 saturated heterocycles. The van der Waals surface area contributed by atoms with Crippen molar-refractivity contribution < 1.29 is 23.6 Å². The molecule has 2 N–H and O–H groups in total. The van der Waals surface area contributed by atoms with Gasteiger partial charge in [-0.1, -0.05) is 6.07 Å². The second-order valence-electron chi connectivity index (χ2n) is 7.45. The summed E-state index contributed by atoms with van der Waals surface area (Å²) >= 11 is 0. The van der Waals surface area contributed by atoms with Gasteiger partial charge in [0.15, 0.2) is 6.61 Å². The predicted molar refractivity (Wildman–Crippen MR) is 119 cm³/mol. The van der Waals surface area contributed by atoms with E-state index in [1.807, 2.05) is 6.07 Å². The standard InChI is InChI=1S/C23H29FN4O3/c1-4-27-11-13-28(14-12-27)22-10-5-18(15-21(22)24)17(2)25-26-23(29)16-31-20-8-6-19(30-3)7-9-20/h5-10,15H,4,11-14,16H2,1-3H3,(H,26,29)/p+1/b25-17-. The quantitative estimate of drug-likeness (QED) is 0.493. The van der Waals surface area contributed by atoms with Crippen LogP contribution in [-0.2, 0) is 4.79 Å². The highest BCUT2D eigenvalue weighted by Gasteiger charge is 2.21. The molecular weight excluding hydrogens is 399 g/mol. The summed E-state index contributed by atoms with van der Waals surface area (Å²) in [5.41, 5.74) is 4.20. The van der Waals surface area contributed by atoms with Crippen LogP contribution >= 0.6 is 0 Å². The highest BCUT2D eigenvalue weighted by atomic mass is 19.1. The van der Waals surface area contributed by atoms with Gasteiger partial charge >= 0.3 is 0 Å². The minimum atomic E-state index is -0.399. The molecule has 7 nitrogen and oxygen atoms in total. The van der Waals surface area contributed by atoms with Crippen LogP contribution < -0.4 is 24.7 Å². The van der Waals surface area contributed by atoms with Gasteiger partial charge in [0.1, 0.15) is 17.3 Å². The highest BCUT2D eigenvalue weighted by molar-refractivity contribution is 5.99. The Morgan fingerprint density at radius 2 is 1.84 bits per heavy atom. The number of likely N-dealkylation sites (N-methyl/N-ethyl adjacent to an activating group) is 1. The molecule has 0 aromatic heterocycles. The average molecular weight is 430 g/mol. The molecule has 1 amide bonds. The highest BCUT2D eigenvalue weighted by Crippen LogP contribution is 2.21. The number of carbonyl (C=O) groups is 1. The van der Waals surface area contributed by atoms with Crippen molar-refractivity contribution in [1.82, 2.24) is 5.43 Å². The van der Waals surface area contributed by atoms with Crippen LogP contribution in [-0.4, -0.2) is 58.1 Å². The number of halogens is 1. The lowest BCUT2D eigenvalue weighted by molar-refractivity contribution is -0.898. The van der Waals surface area contributed by atoms with Crippen molar-refractivity contribution in [1.29, 1.82) is 0 Å². The van der Waals surface area contributed by atoms with Crippen LogP contribution in [0.5, 0.6) is 11.5 Å². The summed E-state index contributed by atoms with van der Waals surface area (Å²) in [5.74, 6) is 0.583. The first kappa shape index (κ1) is 22.6. The molecule has 3 rings (SSSR count). The number of nitrogens with zero attached hydrogens (tertiary/aromatic N) is 2. The maximum atomic E-state index is 14.7. The molecule has 0 radical (unpaired) electrons. The Morgan fingerprint density at radius 1 is 1.16 bits per heavy atom. The molecule has 1 aliphatic rings. The zero-order chi connectivity index (χ0) is 22.2. The van der Waals surface area contributed by atoms with E-state index < -0.39 is 5.91 Å². The van der Waals surface area contributed by atoms with Gasteiger partial charge in [0, 0.05) is 5.56 Å². The van der Waals surface area contributed by atoms with Gasteiger partial charge in [-0.2, -0.15) is 5.10 Å². The number of benzene rings is 2. The van der Waals surface area contributed by atoms with Gasteiger partial charge in [-0.25, -0.2) is 9.82 Å². The molecule has 1 heterocycles. The molecule has 0 atom stereocenters. The summed E-state index contributed by atoms with van der Waals surface area (Å²) in [5, 5.41) is 4.07. The molecule has 31 heavy (non-hydrogen) atoms. The molecule has 0 saturated carbocycles. The Morgan fingerprint density at radius 3 is 2.45 bits per heavy atom. The summed E-state index contributed by atoms with van der Waals surface area (Å²) in [4.78, 5) is 15.6. The van der Waals surface area contributed by atoms with E-state index in [1.54, 1.807) is 49.3 Å². The molecule has 166 valence electrons. The number of hydrogen-bond donors (Lipinski definition) is 2. The van der Waals surface area contributed by atoms with Crippen LogP contribution in [0.1, 0.15) is 19.4 Å². The van der Waals surface area contributed by atoms with Crippen molar-refractivity contribution in [3.8, 4) is 11.5 Å². The number of hydrazone groups is 1. The van der Waals surface area contributed by atoms with E-state index in [9.17, 15) is 9.18 Å². The van der Waals surface area contributed by atoms with E-state index in [0.717, 1.165) is 32.7 Å². The zero-order valence-corrected chi connectivity index (χ0v) is 18.3. The summed E-state index contributed by atoms with van der Waals surface area (Å²) in [6, 6.07) is 12.0. The van der Waals surface area contributed by atoms with Crippen molar-refractivity contribution in [3.05, 3.63) is 53.8 Å². The van der Waals surface area contributed by atoms with Gasteiger partial charge in [0.05, 0.1) is 51.2 Å². The van der Waals surface area contributed by atoms with E-state index in [4.69, 9.17) is 9.47 Å². The summed E-state index contributed by atoms with van der Waals surface area (Å²) in [7, 11) is 1.58. The molecule has 2 aromatic rings. The third-order valence-electron chi connectivity index (χ3n) is 5.45. The second-order valence-corrected chi connectivity index (χ2v) is 7.45. The van der Waals surface area contributed by atoms with Crippen molar-refractivity contribution in [2.45, 2.75) is 13.8 Å². The zero-order valence-electron chi connectivity index (χ0n) is 18.3. The third-order valence-corrected chi connectivity index (χ3v) is 5.45. The Bertz CT molecular complexity index is 910. The van der Waals surface area contributed by atoms with Crippen molar-refractivity contribution in [2.75, 3.05) is 51.3 Å². The molecule has 0 bridgehead atoms. The van der Waals surface area contributed by atoms with Gasteiger partial charge in [-0.05, 0) is 50.2 Å². The van der Waals surface area contributed by atoms with Crippen LogP contribution in [0.15, 0.2) is 47.6 Å². The fourth-order valence-electron chi connectivity index (χ4n) is 3.47. The number of quaternary nitrogens is 1. The fourth-order valence-corrected chi connectivity index (χ4v) is 3.47. The first-order valence-electron chi connectivity index (χ1n) is 10.5. The lowest BCUT2D eigenvalue weighted by Crippen LogP contribution is -3.14. The smallest absolute Gasteiger partial charge is 0.277 e. The molecule has 1 aliphatic heterocycles. The largest absolute Gasteiger partial charge is 0.497 e. The first-order chi connectivity index (χ1) is 15.0. The minimum Gasteiger partial charge on any atom is -0.497 e. The third kappa shape index (κ3) is 6.18. The first-order valence-corrected chi connectivity index (χ1v) is 10.5. The molecule has 0 unspecified atom stereocenters. The summed E-state index contributed by atoms with van der Waals surface area (Å²) in [6.07, 6.45) is 0. The van der Waals surface area contributed by atoms with Gasteiger partial charge in [-0.3, -0.25) is 4.79 Å². The van der Waals surface area contributed by atoms with Gasteiger partial charge < -0.3 is 19.3 Å². The number of methoxy groups -OCH3 is 1. The number of piperazine rings is 1. The monoisotopic (exact) mass is 429 g/mol. The normalized spacial score (nSPS) is 15.0. The van der Waals surface area contributed by atoms with E-state index in [1.165, 1.54) is 6.07 Å². The van der Waals surface area contributed by atoms with Crippen molar-refractivity contribution >= 4 is 17.3 Å². The van der Waals surface area contributed by atoms with E-state index in [0.29, 0.717) is 28.5 Å². The minimum absolute atomic E-state index is 0.178. The number of rotatable bonds is 8. The molecule has 1 fully saturated rings. The van der Waals surface area contributed by atoms with Crippen LogP contribution in [0.25, 0.3) is 0 Å². The van der Waals surface area contributed by atoms with Crippen LogP contribution in [0.2, 0.25) is 0 Å². The maximum Gasteiger partial charge on any atom is 0.277 e. The number of nitrogens with one attached hydrogen (secondary N) is 2. The van der Waals surface area contributed by atoms with Gasteiger partial charge in [0.25, 0.3) is 5.91 Å². The number of hydrogen-bond acceptors (Lipinski definition) is 5. The number of amides is 1. The average Bonchev–Trinajstić information content (AvgIpc) is 2.81. The Hall–Kier alpha value is -3.13. The number of anilines is 1. The lowest BCUT2D eigenvalue weighted by atomic mass is 10.1. The SMILES string of the molecule is CC[NH+]1CCN(c2ccc(/C(C)=N\NC(=O)COc3ccc(OC)cc3)cc2F)CC1. The van der Waals surface area contributed by atoms with E-state index in [-0.39, 0.29) is 12.4 Å². The molecule has 0 aliphatic carbocycles. The molecule has 2 aromatic carbocycles. The Labute approximate surface area is 182 Å². The summed E-state index contributed by atoms with van der Waals surface area (Å²) < 4.78 is 25.2. The summed E-state index contributed by atoms with van der Waals surface area (Å²) in [6.45, 7) is 8.54. The van der Waals surface area contributed by atoms with Crippen LogP contribution in [0, 0.1) is 5.82 Å². The topological polar surface area (TPSA) is 67.6 Å². The molecule has 0 spiro atoms. The predicted octanol–water partition coefficient (Wildman–Crippen LogP) is 1.48. The molecular formula is C23H30FN4O3+. The van der Waals surface area contributed by atoms with Gasteiger partial charge in [0.2, 0.25) is 0 Å². The van der Waals surface area contributed by atoms with Crippen molar-refractivity contribution in [2.24, 2.45) is 5.10 Å². The molecule has 8 heteroatoms. The number of carbonyl (C=O) groups excluding carboxylic acids is 1.